The Bertz CT molecular complexity index is 1720. The van der Waals surface area contributed by atoms with Crippen LogP contribution in [0.5, 0.6) is 0 Å². The molecule has 1 fully saturated rings. The molecule has 0 unspecified atom stereocenters. The minimum Gasteiger partial charge on any atom is -0.459 e. The third-order valence-electron chi connectivity index (χ3n) is 7.03. The second-order valence-corrected chi connectivity index (χ2v) is 9.18. The van der Waals surface area contributed by atoms with Crippen molar-refractivity contribution in [2.24, 2.45) is 0 Å². The lowest BCUT2D eigenvalue weighted by atomic mass is 10.0. The van der Waals surface area contributed by atoms with Gasteiger partial charge in [-0.1, -0.05) is 54.6 Å². The zero-order valence-electron chi connectivity index (χ0n) is 20.1. The van der Waals surface area contributed by atoms with Gasteiger partial charge in [0.2, 0.25) is 0 Å². The van der Waals surface area contributed by atoms with Gasteiger partial charge in [0, 0.05) is 31.6 Å². The van der Waals surface area contributed by atoms with E-state index >= 15 is 0 Å². The highest BCUT2D eigenvalue weighted by molar-refractivity contribution is 5.95. The van der Waals surface area contributed by atoms with E-state index in [2.05, 4.69) is 35.2 Å². The van der Waals surface area contributed by atoms with Gasteiger partial charge >= 0.3 is 0 Å². The van der Waals surface area contributed by atoms with E-state index in [0.29, 0.717) is 44.2 Å². The fourth-order valence-corrected chi connectivity index (χ4v) is 5.18. The number of para-hydroxylation sites is 1. The Labute approximate surface area is 213 Å². The molecular formula is C30H24N4O3. The van der Waals surface area contributed by atoms with Gasteiger partial charge in [0.15, 0.2) is 5.76 Å². The van der Waals surface area contributed by atoms with Gasteiger partial charge in [0.05, 0.1) is 24.0 Å². The van der Waals surface area contributed by atoms with Gasteiger partial charge in [0.25, 0.3) is 11.5 Å². The van der Waals surface area contributed by atoms with Crippen molar-refractivity contribution in [2.45, 2.75) is 6.54 Å². The number of nitrogens with zero attached hydrogens (tertiary/aromatic N) is 4. The molecule has 3 aromatic carbocycles. The molecule has 0 aliphatic carbocycles. The lowest BCUT2D eigenvalue weighted by Gasteiger charge is -2.36. The first kappa shape index (κ1) is 22.6. The minimum absolute atomic E-state index is 0.130. The van der Waals surface area contributed by atoms with Crippen LogP contribution in [-0.2, 0) is 6.54 Å². The quantitative estimate of drug-likeness (QED) is 0.368. The van der Waals surface area contributed by atoms with Crippen molar-refractivity contribution < 1.29 is 9.21 Å². The van der Waals surface area contributed by atoms with E-state index in [4.69, 9.17) is 4.42 Å². The summed E-state index contributed by atoms with van der Waals surface area (Å²) < 4.78 is 6.96. The van der Waals surface area contributed by atoms with Crippen LogP contribution in [0.25, 0.3) is 21.7 Å². The monoisotopic (exact) mass is 488 g/mol. The van der Waals surface area contributed by atoms with Crippen LogP contribution in [0.2, 0.25) is 0 Å². The lowest BCUT2D eigenvalue weighted by Crippen LogP contribution is -2.49. The number of aromatic nitrogens is 1. The molecule has 0 radical (unpaired) electrons. The highest BCUT2D eigenvalue weighted by atomic mass is 16.3. The summed E-state index contributed by atoms with van der Waals surface area (Å²) in [5.41, 5.74) is 2.24. The smallest absolute Gasteiger partial charge is 0.289 e. The van der Waals surface area contributed by atoms with Crippen LogP contribution < -0.4 is 10.5 Å². The van der Waals surface area contributed by atoms with Crippen molar-refractivity contribution in [3.05, 3.63) is 112 Å². The molecule has 1 aliphatic rings. The molecule has 37 heavy (non-hydrogen) atoms. The van der Waals surface area contributed by atoms with Gasteiger partial charge in [-0.3, -0.25) is 9.59 Å². The second-order valence-electron chi connectivity index (χ2n) is 9.18. The summed E-state index contributed by atoms with van der Waals surface area (Å²) in [6.07, 6.45) is 1.49. The topological polar surface area (TPSA) is 82.5 Å². The van der Waals surface area contributed by atoms with E-state index in [1.165, 1.54) is 6.26 Å². The van der Waals surface area contributed by atoms with Gasteiger partial charge < -0.3 is 18.8 Å². The molecule has 5 aromatic rings. The summed E-state index contributed by atoms with van der Waals surface area (Å²) >= 11 is 0. The van der Waals surface area contributed by atoms with E-state index in [-0.39, 0.29) is 17.0 Å². The van der Waals surface area contributed by atoms with Gasteiger partial charge in [-0.15, -0.1) is 0 Å². The number of anilines is 1. The first-order valence-electron chi connectivity index (χ1n) is 12.2. The minimum atomic E-state index is -0.307. The number of carbonyl (C=O) groups excluding carboxylic acids is 1. The zero-order chi connectivity index (χ0) is 25.4. The summed E-state index contributed by atoms with van der Waals surface area (Å²) in [6, 6.07) is 27.6. The SMILES string of the molecule is N#Cc1c(N2CCN(C(=O)c3ccco3)CC2)c2ccccc2n(Cc2ccc3ccccc3c2)c1=O. The van der Waals surface area contributed by atoms with Crippen LogP contribution in [0.3, 0.4) is 0 Å². The third-order valence-corrected chi connectivity index (χ3v) is 7.03. The summed E-state index contributed by atoms with van der Waals surface area (Å²) in [5.74, 6) is 0.161. The molecule has 7 heteroatoms. The van der Waals surface area contributed by atoms with E-state index < -0.39 is 0 Å². The maximum atomic E-state index is 13.7. The van der Waals surface area contributed by atoms with Crippen LogP contribution in [0.4, 0.5) is 5.69 Å². The highest BCUT2D eigenvalue weighted by Crippen LogP contribution is 2.30. The van der Waals surface area contributed by atoms with Crippen LogP contribution in [0, 0.1) is 11.3 Å². The molecule has 7 nitrogen and oxygen atoms in total. The number of pyridine rings is 1. The fourth-order valence-electron chi connectivity index (χ4n) is 5.18. The number of fused-ring (bicyclic) bond motifs is 2. The van der Waals surface area contributed by atoms with E-state index in [0.717, 1.165) is 27.2 Å². The standard InChI is InChI=1S/C30H24N4O3/c31-19-25-28(32-13-15-33(16-14-32)30(36)27-10-5-17-37-27)24-8-3-4-9-26(24)34(29(25)35)20-21-11-12-22-6-1-2-7-23(22)18-21/h1-12,17-18H,13-16,20H2. The van der Waals surface area contributed by atoms with E-state index in [1.807, 2.05) is 42.5 Å². The van der Waals surface area contributed by atoms with Crippen LogP contribution in [0.15, 0.2) is 94.3 Å². The summed E-state index contributed by atoms with van der Waals surface area (Å²) in [6.45, 7) is 2.33. The Morgan fingerprint density at radius 3 is 2.41 bits per heavy atom. The molecule has 0 bridgehead atoms. The molecule has 6 rings (SSSR count). The normalized spacial score (nSPS) is 13.7. The molecule has 0 spiro atoms. The fraction of sp³-hybridized carbons (Fsp3) is 0.167. The van der Waals surface area contributed by atoms with Crippen molar-refractivity contribution >= 4 is 33.3 Å². The number of hydrogen-bond acceptors (Lipinski definition) is 5. The average molecular weight is 489 g/mol. The van der Waals surface area contributed by atoms with Gasteiger partial charge in [-0.25, -0.2) is 0 Å². The second kappa shape index (κ2) is 9.32. The number of nitriles is 1. The zero-order valence-corrected chi connectivity index (χ0v) is 20.1. The molecule has 0 saturated carbocycles. The molecule has 0 atom stereocenters. The maximum Gasteiger partial charge on any atom is 0.289 e. The van der Waals surface area contributed by atoms with Gasteiger partial charge in [0.1, 0.15) is 11.6 Å². The Hall–Kier alpha value is -4.83. The molecule has 1 aliphatic heterocycles. The Balaban J connectivity index is 1.37. The predicted molar refractivity (Wildman–Crippen MR) is 143 cm³/mol. The molecule has 182 valence electrons. The van der Waals surface area contributed by atoms with Crippen molar-refractivity contribution in [1.29, 1.82) is 5.26 Å². The highest BCUT2D eigenvalue weighted by Gasteiger charge is 2.28. The summed E-state index contributed by atoms with van der Waals surface area (Å²) in [7, 11) is 0. The third kappa shape index (κ3) is 4.03. The van der Waals surface area contributed by atoms with Gasteiger partial charge in [-0.05, 0) is 40.6 Å². The van der Waals surface area contributed by atoms with Crippen molar-refractivity contribution in [1.82, 2.24) is 9.47 Å². The number of hydrogen-bond donors (Lipinski definition) is 0. The number of rotatable bonds is 4. The molecule has 0 N–H and O–H groups in total. The van der Waals surface area contributed by atoms with E-state index in [9.17, 15) is 14.9 Å². The summed E-state index contributed by atoms with van der Waals surface area (Å²) in [4.78, 5) is 30.2. The van der Waals surface area contributed by atoms with E-state index in [1.54, 1.807) is 21.6 Å². The Morgan fingerprint density at radius 2 is 1.65 bits per heavy atom. The Morgan fingerprint density at radius 1 is 0.892 bits per heavy atom. The first-order chi connectivity index (χ1) is 18.1. The maximum absolute atomic E-state index is 13.7. The molecule has 1 amide bonds. The van der Waals surface area contributed by atoms with Gasteiger partial charge in [-0.2, -0.15) is 5.26 Å². The first-order valence-corrected chi connectivity index (χ1v) is 12.2. The number of piperazine rings is 1. The molecular weight excluding hydrogens is 464 g/mol. The van der Waals surface area contributed by atoms with Crippen LogP contribution in [0.1, 0.15) is 21.7 Å². The molecule has 3 heterocycles. The number of amides is 1. The van der Waals surface area contributed by atoms with Crippen LogP contribution >= 0.6 is 0 Å². The molecule has 1 saturated heterocycles. The van der Waals surface area contributed by atoms with Crippen molar-refractivity contribution in [3.63, 3.8) is 0 Å². The largest absolute Gasteiger partial charge is 0.459 e. The molecule has 2 aromatic heterocycles. The Kier molecular flexibility index (Phi) is 5.70. The number of benzene rings is 3. The number of carbonyl (C=O) groups is 1. The lowest BCUT2D eigenvalue weighted by molar-refractivity contribution is 0.0715. The van der Waals surface area contributed by atoms with Crippen molar-refractivity contribution in [3.8, 4) is 6.07 Å². The predicted octanol–water partition coefficient (Wildman–Crippen LogP) is 4.63. The average Bonchev–Trinajstić information content (AvgIpc) is 3.49. The number of furan rings is 1. The van der Waals surface area contributed by atoms with Crippen LogP contribution in [-0.4, -0.2) is 41.6 Å². The van der Waals surface area contributed by atoms with Crippen molar-refractivity contribution in [2.75, 3.05) is 31.1 Å². The summed E-state index contributed by atoms with van der Waals surface area (Å²) in [5, 5.41) is 13.2.